The first-order chi connectivity index (χ1) is 7.18. The lowest BCUT2D eigenvalue weighted by Crippen LogP contribution is -2.39. The zero-order valence-electron chi connectivity index (χ0n) is 8.49. The van der Waals surface area contributed by atoms with Gasteiger partial charge in [-0.1, -0.05) is 0 Å². The summed E-state index contributed by atoms with van der Waals surface area (Å²) >= 11 is 0. The molecule has 0 spiro atoms. The fraction of sp³-hybridized carbons (Fsp3) is 0.778. The van der Waals surface area contributed by atoms with Crippen molar-refractivity contribution in [2.45, 2.75) is 18.9 Å². The van der Waals surface area contributed by atoms with E-state index in [0.29, 0.717) is 6.54 Å². The molecule has 1 aliphatic heterocycles. The van der Waals surface area contributed by atoms with Gasteiger partial charge in [-0.15, -0.1) is 0 Å². The summed E-state index contributed by atoms with van der Waals surface area (Å²) in [5, 5.41) is 13.5. The molecule has 0 saturated carbocycles. The molecular formula is C9H16N2O4. The van der Waals surface area contributed by atoms with Crippen LogP contribution < -0.4 is 10.6 Å². The fourth-order valence-electron chi connectivity index (χ4n) is 1.38. The van der Waals surface area contributed by atoms with Gasteiger partial charge >= 0.3 is 5.97 Å². The highest BCUT2D eigenvalue weighted by Crippen LogP contribution is 2.10. The van der Waals surface area contributed by atoms with Crippen molar-refractivity contribution in [2.75, 3.05) is 26.2 Å². The van der Waals surface area contributed by atoms with E-state index in [2.05, 4.69) is 10.6 Å². The Morgan fingerprint density at radius 3 is 2.80 bits per heavy atom. The number of amides is 1. The average molecular weight is 216 g/mol. The Morgan fingerprint density at radius 1 is 1.40 bits per heavy atom. The van der Waals surface area contributed by atoms with Crippen LogP contribution in [0.1, 0.15) is 12.8 Å². The van der Waals surface area contributed by atoms with Crippen LogP contribution in [0.25, 0.3) is 0 Å². The van der Waals surface area contributed by atoms with E-state index in [0.717, 1.165) is 19.4 Å². The maximum atomic E-state index is 11.2. The van der Waals surface area contributed by atoms with E-state index in [1.54, 1.807) is 0 Å². The normalized spacial score (nSPS) is 20.1. The lowest BCUT2D eigenvalue weighted by atomic mass is 10.2. The summed E-state index contributed by atoms with van der Waals surface area (Å²) in [7, 11) is 0. The molecule has 0 aromatic carbocycles. The minimum absolute atomic E-state index is 0.0268. The zero-order chi connectivity index (χ0) is 11.1. The Bertz CT molecular complexity index is 226. The van der Waals surface area contributed by atoms with E-state index in [-0.39, 0.29) is 25.1 Å². The van der Waals surface area contributed by atoms with Crippen molar-refractivity contribution < 1.29 is 19.4 Å². The van der Waals surface area contributed by atoms with Gasteiger partial charge in [-0.3, -0.25) is 14.9 Å². The molecule has 6 nitrogen and oxygen atoms in total. The number of carboxylic acids is 1. The van der Waals surface area contributed by atoms with Crippen molar-refractivity contribution in [1.82, 2.24) is 10.6 Å². The highest BCUT2D eigenvalue weighted by atomic mass is 16.5. The Balaban J connectivity index is 2.00. The summed E-state index contributed by atoms with van der Waals surface area (Å²) in [5.74, 6) is -1.17. The molecule has 0 radical (unpaired) electrons. The predicted molar refractivity (Wildman–Crippen MR) is 52.5 cm³/mol. The van der Waals surface area contributed by atoms with E-state index in [1.165, 1.54) is 0 Å². The molecule has 1 rings (SSSR count). The minimum Gasteiger partial charge on any atom is -0.480 e. The molecule has 0 aromatic heterocycles. The number of nitrogens with one attached hydrogen (secondary N) is 2. The van der Waals surface area contributed by atoms with Gasteiger partial charge in [0.15, 0.2) is 0 Å². The van der Waals surface area contributed by atoms with Gasteiger partial charge in [-0.25, -0.2) is 0 Å². The second-order valence-corrected chi connectivity index (χ2v) is 3.44. The first kappa shape index (κ1) is 11.9. The van der Waals surface area contributed by atoms with Crippen LogP contribution in [0.3, 0.4) is 0 Å². The molecule has 6 heteroatoms. The number of aliphatic carboxylic acids is 1. The topological polar surface area (TPSA) is 87.7 Å². The molecule has 0 aliphatic carbocycles. The third kappa shape index (κ3) is 5.34. The number of hydrogen-bond acceptors (Lipinski definition) is 4. The molecule has 1 atom stereocenters. The number of carbonyl (C=O) groups excluding carboxylic acids is 1. The average Bonchev–Trinajstić information content (AvgIpc) is 2.66. The van der Waals surface area contributed by atoms with Crippen LogP contribution in [0, 0.1) is 0 Å². The van der Waals surface area contributed by atoms with E-state index >= 15 is 0 Å². The molecule has 1 unspecified atom stereocenters. The van der Waals surface area contributed by atoms with E-state index < -0.39 is 5.97 Å². The minimum atomic E-state index is -0.970. The van der Waals surface area contributed by atoms with Gasteiger partial charge < -0.3 is 15.2 Å². The summed E-state index contributed by atoms with van der Waals surface area (Å²) in [4.78, 5) is 21.3. The summed E-state index contributed by atoms with van der Waals surface area (Å²) < 4.78 is 5.32. The van der Waals surface area contributed by atoms with Crippen molar-refractivity contribution in [2.24, 2.45) is 0 Å². The molecule has 0 aromatic rings. The third-order valence-corrected chi connectivity index (χ3v) is 2.11. The monoisotopic (exact) mass is 216 g/mol. The number of hydrogen-bond donors (Lipinski definition) is 3. The highest BCUT2D eigenvalue weighted by Gasteiger charge is 2.15. The number of ether oxygens (including phenoxy) is 1. The van der Waals surface area contributed by atoms with Crippen LogP contribution in [0.4, 0.5) is 0 Å². The van der Waals surface area contributed by atoms with Gasteiger partial charge in [0.25, 0.3) is 0 Å². The molecule has 86 valence electrons. The second-order valence-electron chi connectivity index (χ2n) is 3.44. The second kappa shape index (κ2) is 6.36. The first-order valence-electron chi connectivity index (χ1n) is 4.99. The largest absolute Gasteiger partial charge is 0.480 e. The molecule has 1 fully saturated rings. The van der Waals surface area contributed by atoms with Crippen LogP contribution >= 0.6 is 0 Å². The van der Waals surface area contributed by atoms with Crippen LogP contribution in [0.5, 0.6) is 0 Å². The summed E-state index contributed by atoms with van der Waals surface area (Å²) in [6.07, 6.45) is 2.13. The van der Waals surface area contributed by atoms with Crippen LogP contribution in [-0.2, 0) is 14.3 Å². The molecule has 1 amide bonds. The van der Waals surface area contributed by atoms with Crippen LogP contribution in [0.15, 0.2) is 0 Å². The van der Waals surface area contributed by atoms with Gasteiger partial charge in [0.1, 0.15) is 0 Å². The molecule has 1 heterocycles. The Morgan fingerprint density at radius 2 is 2.20 bits per heavy atom. The molecular weight excluding hydrogens is 200 g/mol. The Kier molecular flexibility index (Phi) is 5.06. The van der Waals surface area contributed by atoms with Gasteiger partial charge in [0, 0.05) is 13.2 Å². The van der Waals surface area contributed by atoms with Crippen molar-refractivity contribution in [1.29, 1.82) is 0 Å². The van der Waals surface area contributed by atoms with Gasteiger partial charge in [0.2, 0.25) is 5.91 Å². The van der Waals surface area contributed by atoms with Gasteiger partial charge in [-0.2, -0.15) is 0 Å². The zero-order valence-corrected chi connectivity index (χ0v) is 8.49. The van der Waals surface area contributed by atoms with Crippen molar-refractivity contribution in [3.8, 4) is 0 Å². The molecule has 15 heavy (non-hydrogen) atoms. The van der Waals surface area contributed by atoms with Crippen LogP contribution in [0.2, 0.25) is 0 Å². The molecule has 3 N–H and O–H groups in total. The highest BCUT2D eigenvalue weighted by molar-refractivity contribution is 5.78. The Labute approximate surface area is 88.0 Å². The summed E-state index contributed by atoms with van der Waals surface area (Å²) in [6, 6.07) is 0. The number of carboxylic acid groups (broad SMARTS) is 1. The maximum absolute atomic E-state index is 11.2. The van der Waals surface area contributed by atoms with Crippen molar-refractivity contribution in [3.05, 3.63) is 0 Å². The number of carbonyl (C=O) groups is 2. The Hall–Kier alpha value is -1.14. The molecule has 0 bridgehead atoms. The summed E-state index contributed by atoms with van der Waals surface area (Å²) in [6.45, 7) is 1.09. The molecule has 1 aliphatic rings. The van der Waals surface area contributed by atoms with E-state index in [4.69, 9.17) is 9.84 Å². The predicted octanol–water partition coefficient (Wildman–Crippen LogP) is -1.04. The number of rotatable bonds is 6. The van der Waals surface area contributed by atoms with E-state index in [9.17, 15) is 9.59 Å². The van der Waals surface area contributed by atoms with Crippen molar-refractivity contribution >= 4 is 11.9 Å². The standard InChI is InChI=1S/C9H16N2O4/c12-8(5-10-6-9(13)14)11-4-7-2-1-3-15-7/h7,10H,1-6H2,(H,11,12)(H,13,14). The van der Waals surface area contributed by atoms with Gasteiger partial charge in [-0.05, 0) is 12.8 Å². The first-order valence-corrected chi connectivity index (χ1v) is 4.99. The fourth-order valence-corrected chi connectivity index (χ4v) is 1.38. The van der Waals surface area contributed by atoms with Gasteiger partial charge in [0.05, 0.1) is 19.2 Å². The van der Waals surface area contributed by atoms with E-state index in [1.807, 2.05) is 0 Å². The lowest BCUT2D eigenvalue weighted by Gasteiger charge is -2.10. The van der Waals surface area contributed by atoms with Crippen LogP contribution in [-0.4, -0.2) is 49.3 Å². The quantitative estimate of drug-likeness (QED) is 0.527. The van der Waals surface area contributed by atoms with Crippen molar-refractivity contribution in [3.63, 3.8) is 0 Å². The summed E-state index contributed by atoms with van der Waals surface area (Å²) in [5.41, 5.74) is 0. The maximum Gasteiger partial charge on any atom is 0.317 e. The smallest absolute Gasteiger partial charge is 0.317 e. The molecule has 1 saturated heterocycles. The lowest BCUT2D eigenvalue weighted by molar-refractivity contribution is -0.136. The third-order valence-electron chi connectivity index (χ3n) is 2.11. The SMILES string of the molecule is O=C(O)CNCC(=O)NCC1CCCO1.